The van der Waals surface area contributed by atoms with Crippen LogP contribution in [0, 0.1) is 5.92 Å². The summed E-state index contributed by atoms with van der Waals surface area (Å²) in [5.41, 5.74) is 8.53. The van der Waals surface area contributed by atoms with Crippen LogP contribution in [0.15, 0.2) is 29.6 Å². The molecule has 2 aromatic rings. The Kier molecular flexibility index (Phi) is 5.69. The summed E-state index contributed by atoms with van der Waals surface area (Å²) in [5.74, 6) is 0.320. The highest BCUT2D eigenvalue weighted by Gasteiger charge is 2.16. The topological polar surface area (TPSA) is 68.0 Å². The molecule has 0 spiro atoms. The number of nitrogens with zero attached hydrogens (tertiary/aromatic N) is 1. The van der Waals surface area contributed by atoms with Crippen molar-refractivity contribution in [1.29, 1.82) is 0 Å². The Morgan fingerprint density at radius 1 is 1.41 bits per heavy atom. The first kappa shape index (κ1) is 16.6. The van der Waals surface area contributed by atoms with Crippen molar-refractivity contribution >= 4 is 22.9 Å². The maximum absolute atomic E-state index is 12.3. The average molecular weight is 317 g/mol. The van der Waals surface area contributed by atoms with Gasteiger partial charge in [0, 0.05) is 11.1 Å². The lowest BCUT2D eigenvalue weighted by Gasteiger charge is -2.10. The smallest absolute Gasteiger partial charge is 0.275 e. The highest BCUT2D eigenvalue weighted by Crippen LogP contribution is 2.23. The van der Waals surface area contributed by atoms with Crippen molar-refractivity contribution < 1.29 is 4.79 Å². The van der Waals surface area contributed by atoms with Gasteiger partial charge in [-0.3, -0.25) is 4.79 Å². The van der Waals surface area contributed by atoms with Gasteiger partial charge in [0.1, 0.15) is 10.7 Å². The summed E-state index contributed by atoms with van der Waals surface area (Å²) in [4.78, 5) is 16.6. The van der Waals surface area contributed by atoms with Gasteiger partial charge in [-0.2, -0.15) is 0 Å². The molecule has 0 fully saturated rings. The number of hydrogen-bond donors (Lipinski definition) is 2. The van der Waals surface area contributed by atoms with E-state index in [0.717, 1.165) is 23.5 Å². The SMILES string of the molecule is CCc1cccc(NC(=O)c2csc(C(N)CC(C)C)n2)c1. The average Bonchev–Trinajstić information content (AvgIpc) is 2.97. The van der Waals surface area contributed by atoms with E-state index >= 15 is 0 Å². The summed E-state index contributed by atoms with van der Waals surface area (Å²) >= 11 is 1.45. The van der Waals surface area contributed by atoms with E-state index in [2.05, 4.69) is 31.1 Å². The molecule has 3 N–H and O–H groups in total. The third kappa shape index (κ3) is 4.39. The molecule has 1 heterocycles. The van der Waals surface area contributed by atoms with Gasteiger partial charge in [-0.1, -0.05) is 32.9 Å². The van der Waals surface area contributed by atoms with Gasteiger partial charge in [0.15, 0.2) is 0 Å². The molecule has 0 saturated heterocycles. The second-order valence-electron chi connectivity index (χ2n) is 5.82. The number of carbonyl (C=O) groups is 1. The number of aryl methyl sites for hydroxylation is 1. The Bertz CT molecular complexity index is 636. The van der Waals surface area contributed by atoms with Crippen molar-refractivity contribution in [3.8, 4) is 0 Å². The summed E-state index contributed by atoms with van der Waals surface area (Å²) in [6.07, 6.45) is 1.81. The first-order valence-electron chi connectivity index (χ1n) is 7.61. The molecule has 1 atom stereocenters. The van der Waals surface area contributed by atoms with Crippen LogP contribution in [0.3, 0.4) is 0 Å². The zero-order valence-electron chi connectivity index (χ0n) is 13.3. The fourth-order valence-electron chi connectivity index (χ4n) is 2.24. The Labute approximate surface area is 135 Å². The number of hydrogen-bond acceptors (Lipinski definition) is 4. The molecular formula is C17H23N3OS. The van der Waals surface area contributed by atoms with Crippen LogP contribution in [-0.4, -0.2) is 10.9 Å². The minimum atomic E-state index is -0.187. The third-order valence-corrected chi connectivity index (χ3v) is 4.37. The molecule has 4 nitrogen and oxygen atoms in total. The van der Waals surface area contributed by atoms with Crippen molar-refractivity contribution in [2.45, 2.75) is 39.7 Å². The number of carbonyl (C=O) groups excluding carboxylic acids is 1. The summed E-state index contributed by atoms with van der Waals surface area (Å²) in [6.45, 7) is 6.34. The Hall–Kier alpha value is -1.72. The molecule has 1 unspecified atom stereocenters. The van der Waals surface area contributed by atoms with Crippen LogP contribution in [0.2, 0.25) is 0 Å². The van der Waals surface area contributed by atoms with E-state index in [4.69, 9.17) is 5.73 Å². The van der Waals surface area contributed by atoms with Crippen LogP contribution in [0.1, 0.15) is 54.3 Å². The van der Waals surface area contributed by atoms with Crippen LogP contribution in [0.25, 0.3) is 0 Å². The molecule has 22 heavy (non-hydrogen) atoms. The van der Waals surface area contributed by atoms with Gasteiger partial charge >= 0.3 is 0 Å². The third-order valence-electron chi connectivity index (χ3n) is 3.39. The molecular weight excluding hydrogens is 294 g/mol. The number of amides is 1. The molecule has 0 radical (unpaired) electrons. The Morgan fingerprint density at radius 3 is 2.86 bits per heavy atom. The number of thiazole rings is 1. The number of aromatic nitrogens is 1. The number of nitrogens with one attached hydrogen (secondary N) is 1. The minimum Gasteiger partial charge on any atom is -0.322 e. The molecule has 2 rings (SSSR count). The summed E-state index contributed by atoms with van der Waals surface area (Å²) in [7, 11) is 0. The van der Waals surface area contributed by atoms with Gasteiger partial charge < -0.3 is 11.1 Å². The predicted octanol–water partition coefficient (Wildman–Crippen LogP) is 4.00. The van der Waals surface area contributed by atoms with Crippen molar-refractivity contribution in [2.75, 3.05) is 5.32 Å². The van der Waals surface area contributed by atoms with E-state index in [9.17, 15) is 4.79 Å². The maximum Gasteiger partial charge on any atom is 0.275 e. The Balaban J connectivity index is 2.05. The molecule has 0 aliphatic heterocycles. The number of rotatable bonds is 6. The molecule has 1 amide bonds. The lowest BCUT2D eigenvalue weighted by molar-refractivity contribution is 0.102. The second-order valence-corrected chi connectivity index (χ2v) is 6.70. The normalized spacial score (nSPS) is 12.4. The van der Waals surface area contributed by atoms with E-state index in [1.165, 1.54) is 16.9 Å². The number of anilines is 1. The van der Waals surface area contributed by atoms with Gasteiger partial charge in [0.25, 0.3) is 5.91 Å². The van der Waals surface area contributed by atoms with Crippen LogP contribution in [-0.2, 0) is 6.42 Å². The van der Waals surface area contributed by atoms with Crippen LogP contribution in [0.4, 0.5) is 5.69 Å². The quantitative estimate of drug-likeness (QED) is 0.846. The van der Waals surface area contributed by atoms with E-state index < -0.39 is 0 Å². The number of benzene rings is 1. The first-order chi connectivity index (χ1) is 10.5. The standard InChI is InChI=1S/C17H23N3OS/c1-4-12-6-5-7-13(9-12)19-16(21)15-10-22-17(20-15)14(18)8-11(2)3/h5-7,9-11,14H,4,8,18H2,1-3H3,(H,19,21). The molecule has 5 heteroatoms. The summed E-state index contributed by atoms with van der Waals surface area (Å²) in [5, 5.41) is 5.48. The fraction of sp³-hybridized carbons (Fsp3) is 0.412. The van der Waals surface area contributed by atoms with E-state index in [-0.39, 0.29) is 11.9 Å². The molecule has 0 aliphatic carbocycles. The van der Waals surface area contributed by atoms with Crippen molar-refractivity contribution in [1.82, 2.24) is 4.98 Å². The predicted molar refractivity (Wildman–Crippen MR) is 92.3 cm³/mol. The van der Waals surface area contributed by atoms with Crippen molar-refractivity contribution in [3.05, 3.63) is 45.9 Å². The lowest BCUT2D eigenvalue weighted by atomic mass is 10.1. The lowest BCUT2D eigenvalue weighted by Crippen LogP contribution is -2.15. The minimum absolute atomic E-state index is 0.102. The van der Waals surface area contributed by atoms with Gasteiger partial charge in [0.2, 0.25) is 0 Å². The van der Waals surface area contributed by atoms with Crippen molar-refractivity contribution in [3.63, 3.8) is 0 Å². The van der Waals surface area contributed by atoms with E-state index in [1.54, 1.807) is 5.38 Å². The molecule has 118 valence electrons. The highest BCUT2D eigenvalue weighted by atomic mass is 32.1. The monoisotopic (exact) mass is 317 g/mol. The molecule has 0 saturated carbocycles. The molecule has 0 bridgehead atoms. The van der Waals surface area contributed by atoms with Crippen LogP contribution < -0.4 is 11.1 Å². The highest BCUT2D eigenvalue weighted by molar-refractivity contribution is 7.09. The van der Waals surface area contributed by atoms with Gasteiger partial charge in [-0.05, 0) is 36.5 Å². The van der Waals surface area contributed by atoms with E-state index in [1.807, 2.05) is 24.3 Å². The van der Waals surface area contributed by atoms with Gasteiger partial charge in [-0.15, -0.1) is 11.3 Å². The van der Waals surface area contributed by atoms with Crippen molar-refractivity contribution in [2.24, 2.45) is 11.7 Å². The fourth-order valence-corrected chi connectivity index (χ4v) is 3.05. The van der Waals surface area contributed by atoms with Crippen LogP contribution >= 0.6 is 11.3 Å². The summed E-state index contributed by atoms with van der Waals surface area (Å²) in [6, 6.07) is 7.75. The molecule has 1 aromatic heterocycles. The first-order valence-corrected chi connectivity index (χ1v) is 8.48. The second kappa shape index (κ2) is 7.51. The number of nitrogens with two attached hydrogens (primary N) is 1. The molecule has 1 aromatic carbocycles. The molecule has 0 aliphatic rings. The largest absolute Gasteiger partial charge is 0.322 e. The van der Waals surface area contributed by atoms with Gasteiger partial charge in [-0.25, -0.2) is 4.98 Å². The zero-order chi connectivity index (χ0) is 16.1. The summed E-state index contributed by atoms with van der Waals surface area (Å²) < 4.78 is 0. The zero-order valence-corrected chi connectivity index (χ0v) is 14.1. The Morgan fingerprint density at radius 2 is 2.18 bits per heavy atom. The van der Waals surface area contributed by atoms with Gasteiger partial charge in [0.05, 0.1) is 6.04 Å². The van der Waals surface area contributed by atoms with Crippen LogP contribution in [0.5, 0.6) is 0 Å². The van der Waals surface area contributed by atoms with E-state index in [0.29, 0.717) is 11.6 Å². The maximum atomic E-state index is 12.3.